The number of amides is 1. The Morgan fingerprint density at radius 1 is 1.29 bits per heavy atom. The molecule has 1 aliphatic heterocycles. The molecule has 116 valence electrons. The molecule has 0 radical (unpaired) electrons. The van der Waals surface area contributed by atoms with Crippen molar-refractivity contribution >= 4 is 5.91 Å². The second kappa shape index (κ2) is 6.61. The van der Waals surface area contributed by atoms with Crippen molar-refractivity contribution in [3.63, 3.8) is 0 Å². The molecule has 1 heterocycles. The molecule has 1 aromatic carbocycles. The monoisotopic (exact) mass is 289 g/mol. The average molecular weight is 289 g/mol. The molecule has 0 saturated carbocycles. The van der Waals surface area contributed by atoms with Crippen LogP contribution >= 0.6 is 0 Å². The number of nitrogens with zero attached hydrogens (tertiary/aromatic N) is 1. The van der Waals surface area contributed by atoms with E-state index in [1.807, 2.05) is 18.7 Å². The van der Waals surface area contributed by atoms with Crippen LogP contribution in [0.15, 0.2) is 24.3 Å². The normalized spacial score (nSPS) is 18.0. The summed E-state index contributed by atoms with van der Waals surface area (Å²) in [6, 6.07) is 8.63. The van der Waals surface area contributed by atoms with E-state index in [1.165, 1.54) is 11.1 Å². The molecule has 0 spiro atoms. The molecule has 1 saturated heterocycles. The predicted octanol–water partition coefficient (Wildman–Crippen LogP) is 3.38. The van der Waals surface area contributed by atoms with Crippen molar-refractivity contribution in [1.82, 2.24) is 4.90 Å². The molecule has 0 bridgehead atoms. The van der Waals surface area contributed by atoms with Gasteiger partial charge in [-0.3, -0.25) is 4.79 Å². The highest BCUT2D eigenvalue weighted by Crippen LogP contribution is 2.18. The Morgan fingerprint density at radius 3 is 2.52 bits per heavy atom. The third-order valence-corrected chi connectivity index (χ3v) is 4.05. The van der Waals surface area contributed by atoms with Gasteiger partial charge in [-0.25, -0.2) is 0 Å². The number of carbonyl (C=O) groups is 1. The van der Waals surface area contributed by atoms with Crippen LogP contribution in [0.4, 0.5) is 0 Å². The molecule has 2 rings (SSSR count). The summed E-state index contributed by atoms with van der Waals surface area (Å²) in [7, 11) is 0. The standard InChI is InChI=1S/C18H27NO2/c1-14(2)16-8-5-15(6-9-16)7-10-17(20)19-11-12-21-18(3,4)13-19/h5-6,8-9,14H,7,10-13H2,1-4H3. The maximum Gasteiger partial charge on any atom is 0.223 e. The maximum absolute atomic E-state index is 12.3. The Morgan fingerprint density at radius 2 is 1.95 bits per heavy atom. The highest BCUT2D eigenvalue weighted by molar-refractivity contribution is 5.76. The highest BCUT2D eigenvalue weighted by Gasteiger charge is 2.29. The molecule has 3 heteroatoms. The first-order valence-electron chi connectivity index (χ1n) is 7.88. The van der Waals surface area contributed by atoms with Gasteiger partial charge in [0.25, 0.3) is 0 Å². The molecule has 1 amide bonds. The van der Waals surface area contributed by atoms with Gasteiger partial charge in [0.1, 0.15) is 0 Å². The number of rotatable bonds is 4. The molecule has 0 atom stereocenters. The zero-order valence-corrected chi connectivity index (χ0v) is 13.7. The van der Waals surface area contributed by atoms with Crippen molar-refractivity contribution in [3.05, 3.63) is 35.4 Å². The second-order valence-corrected chi connectivity index (χ2v) is 6.82. The van der Waals surface area contributed by atoms with Gasteiger partial charge in [-0.15, -0.1) is 0 Å². The second-order valence-electron chi connectivity index (χ2n) is 6.82. The molecule has 0 aliphatic carbocycles. The first-order chi connectivity index (χ1) is 9.87. The van der Waals surface area contributed by atoms with Gasteiger partial charge >= 0.3 is 0 Å². The van der Waals surface area contributed by atoms with Crippen LogP contribution in [-0.4, -0.2) is 36.1 Å². The molecule has 0 N–H and O–H groups in total. The summed E-state index contributed by atoms with van der Waals surface area (Å²) >= 11 is 0. The van der Waals surface area contributed by atoms with Gasteiger partial charge in [0.2, 0.25) is 5.91 Å². The summed E-state index contributed by atoms with van der Waals surface area (Å²) in [5, 5.41) is 0. The fourth-order valence-corrected chi connectivity index (χ4v) is 2.71. The van der Waals surface area contributed by atoms with E-state index in [4.69, 9.17) is 4.74 Å². The lowest BCUT2D eigenvalue weighted by Crippen LogP contribution is -2.50. The van der Waals surface area contributed by atoms with Crippen molar-refractivity contribution < 1.29 is 9.53 Å². The highest BCUT2D eigenvalue weighted by atomic mass is 16.5. The van der Waals surface area contributed by atoms with Gasteiger partial charge in [-0.05, 0) is 37.3 Å². The molecular weight excluding hydrogens is 262 g/mol. The summed E-state index contributed by atoms with van der Waals surface area (Å²) in [5.74, 6) is 0.788. The predicted molar refractivity (Wildman–Crippen MR) is 85.5 cm³/mol. The van der Waals surface area contributed by atoms with E-state index in [9.17, 15) is 4.79 Å². The first kappa shape index (κ1) is 16.0. The number of aryl methyl sites for hydroxylation is 1. The van der Waals surface area contributed by atoms with Gasteiger partial charge in [0, 0.05) is 19.5 Å². The van der Waals surface area contributed by atoms with Crippen molar-refractivity contribution in [3.8, 4) is 0 Å². The summed E-state index contributed by atoms with van der Waals surface area (Å²) in [5.41, 5.74) is 2.37. The van der Waals surface area contributed by atoms with Crippen molar-refractivity contribution in [1.29, 1.82) is 0 Å². The van der Waals surface area contributed by atoms with E-state index in [-0.39, 0.29) is 11.5 Å². The zero-order chi connectivity index (χ0) is 15.5. The molecule has 3 nitrogen and oxygen atoms in total. The maximum atomic E-state index is 12.3. The molecule has 1 fully saturated rings. The third-order valence-electron chi connectivity index (χ3n) is 4.05. The van der Waals surface area contributed by atoms with Crippen molar-refractivity contribution in [2.24, 2.45) is 0 Å². The number of morpholine rings is 1. The average Bonchev–Trinajstić information content (AvgIpc) is 2.44. The van der Waals surface area contributed by atoms with Crippen LogP contribution in [0.25, 0.3) is 0 Å². The Hall–Kier alpha value is -1.35. The first-order valence-corrected chi connectivity index (χ1v) is 7.88. The lowest BCUT2D eigenvalue weighted by atomic mass is 10.00. The van der Waals surface area contributed by atoms with Crippen LogP contribution < -0.4 is 0 Å². The molecule has 21 heavy (non-hydrogen) atoms. The Balaban J connectivity index is 1.86. The minimum atomic E-state index is -0.215. The summed E-state index contributed by atoms with van der Waals surface area (Å²) in [4.78, 5) is 14.2. The minimum Gasteiger partial charge on any atom is -0.372 e. The molecule has 1 aliphatic rings. The van der Waals surface area contributed by atoms with Gasteiger partial charge < -0.3 is 9.64 Å². The van der Waals surface area contributed by atoms with E-state index in [0.29, 0.717) is 32.0 Å². The lowest BCUT2D eigenvalue weighted by molar-refractivity contribution is -0.145. The van der Waals surface area contributed by atoms with Crippen LogP contribution in [0, 0.1) is 0 Å². The van der Waals surface area contributed by atoms with Crippen LogP contribution in [-0.2, 0) is 16.0 Å². The van der Waals surface area contributed by atoms with E-state index in [2.05, 4.69) is 38.1 Å². The SMILES string of the molecule is CC(C)c1ccc(CCC(=O)N2CCOC(C)(C)C2)cc1. The fraction of sp³-hybridized carbons (Fsp3) is 0.611. The number of ether oxygens (including phenoxy) is 1. The van der Waals surface area contributed by atoms with Gasteiger partial charge in [0.15, 0.2) is 0 Å². The number of benzene rings is 1. The summed E-state index contributed by atoms with van der Waals surface area (Å²) in [6.45, 7) is 10.5. The minimum absolute atomic E-state index is 0.215. The Bertz CT molecular complexity index is 476. The molecule has 0 aromatic heterocycles. The zero-order valence-electron chi connectivity index (χ0n) is 13.7. The van der Waals surface area contributed by atoms with E-state index < -0.39 is 0 Å². The topological polar surface area (TPSA) is 29.5 Å². The number of hydrogen-bond acceptors (Lipinski definition) is 2. The Kier molecular flexibility index (Phi) is 5.04. The Labute approximate surface area is 128 Å². The fourth-order valence-electron chi connectivity index (χ4n) is 2.71. The third kappa shape index (κ3) is 4.57. The van der Waals surface area contributed by atoms with Crippen LogP contribution in [0.2, 0.25) is 0 Å². The van der Waals surface area contributed by atoms with Crippen molar-refractivity contribution in [2.75, 3.05) is 19.7 Å². The quantitative estimate of drug-likeness (QED) is 0.850. The smallest absolute Gasteiger partial charge is 0.223 e. The largest absolute Gasteiger partial charge is 0.372 e. The van der Waals surface area contributed by atoms with Gasteiger partial charge in [-0.2, -0.15) is 0 Å². The molecule has 0 unspecified atom stereocenters. The van der Waals surface area contributed by atoms with Gasteiger partial charge in [-0.1, -0.05) is 38.1 Å². The number of hydrogen-bond donors (Lipinski definition) is 0. The summed E-state index contributed by atoms with van der Waals surface area (Å²) < 4.78 is 5.65. The number of carbonyl (C=O) groups excluding carboxylic acids is 1. The van der Waals surface area contributed by atoms with E-state index in [1.54, 1.807) is 0 Å². The van der Waals surface area contributed by atoms with Crippen molar-refractivity contribution in [2.45, 2.75) is 52.1 Å². The molecule has 1 aromatic rings. The van der Waals surface area contributed by atoms with E-state index >= 15 is 0 Å². The lowest BCUT2D eigenvalue weighted by Gasteiger charge is -2.38. The van der Waals surface area contributed by atoms with Crippen LogP contribution in [0.5, 0.6) is 0 Å². The van der Waals surface area contributed by atoms with Gasteiger partial charge in [0.05, 0.1) is 12.2 Å². The van der Waals surface area contributed by atoms with E-state index in [0.717, 1.165) is 6.42 Å². The summed E-state index contributed by atoms with van der Waals surface area (Å²) in [6.07, 6.45) is 1.39. The van der Waals surface area contributed by atoms with Crippen LogP contribution in [0.3, 0.4) is 0 Å². The molecular formula is C18H27NO2. The van der Waals surface area contributed by atoms with Crippen LogP contribution in [0.1, 0.15) is 51.2 Å².